The van der Waals surface area contributed by atoms with E-state index in [0.717, 1.165) is 32.3 Å². The van der Waals surface area contributed by atoms with E-state index in [9.17, 15) is 13.2 Å². The fourth-order valence-electron chi connectivity index (χ4n) is 2.93. The van der Waals surface area contributed by atoms with Gasteiger partial charge in [0.05, 0.1) is 11.0 Å². The number of nitrogens with one attached hydrogen (secondary N) is 2. The first-order valence-electron chi connectivity index (χ1n) is 9.13. The minimum absolute atomic E-state index is 0.0395. The maximum Gasteiger partial charge on any atom is 0.251 e. The number of carbonyl (C=O) groups excluding carboxylic acids is 1. The van der Waals surface area contributed by atoms with Crippen molar-refractivity contribution < 1.29 is 17.9 Å². The molecule has 0 aromatic heterocycles. The fourth-order valence-corrected chi connectivity index (χ4v) is 4.35. The zero-order valence-electron chi connectivity index (χ0n) is 16.0. The minimum atomic E-state index is -3.60. The van der Waals surface area contributed by atoms with Crippen molar-refractivity contribution in [2.24, 2.45) is 0 Å². The molecule has 1 aliphatic heterocycles. The molecule has 1 heterocycles. The van der Waals surface area contributed by atoms with E-state index in [4.69, 9.17) is 4.74 Å². The van der Waals surface area contributed by atoms with Crippen LogP contribution in [0.2, 0.25) is 0 Å². The average molecular weight is 383 g/mol. The monoisotopic (exact) mass is 382 g/mol. The number of hydrogen-bond acceptors (Lipinski definition) is 4. The zero-order valence-corrected chi connectivity index (χ0v) is 16.9. The van der Waals surface area contributed by atoms with Gasteiger partial charge >= 0.3 is 0 Å². The lowest BCUT2D eigenvalue weighted by Crippen LogP contribution is -2.40. The van der Waals surface area contributed by atoms with E-state index in [1.807, 2.05) is 6.92 Å². The normalized spacial score (nSPS) is 19.3. The second-order valence-electron chi connectivity index (χ2n) is 7.97. The summed E-state index contributed by atoms with van der Waals surface area (Å²) in [5.74, 6) is -0.197. The molecule has 2 N–H and O–H groups in total. The van der Waals surface area contributed by atoms with E-state index < -0.39 is 15.6 Å². The van der Waals surface area contributed by atoms with Gasteiger partial charge in [0.15, 0.2) is 0 Å². The lowest BCUT2D eigenvalue weighted by molar-refractivity contribution is 0.0899. The van der Waals surface area contributed by atoms with Crippen LogP contribution in [0.25, 0.3) is 0 Å². The largest absolute Gasteiger partial charge is 0.378 e. The first kappa shape index (κ1) is 20.9. The van der Waals surface area contributed by atoms with Crippen molar-refractivity contribution in [3.63, 3.8) is 0 Å². The lowest BCUT2D eigenvalue weighted by atomic mass is 10.1. The van der Waals surface area contributed by atoms with Crippen molar-refractivity contribution in [2.75, 3.05) is 6.61 Å². The molecule has 0 radical (unpaired) electrons. The highest BCUT2D eigenvalue weighted by molar-refractivity contribution is 7.89. The molecule has 2 atom stereocenters. The molecule has 0 bridgehead atoms. The molecule has 0 aliphatic carbocycles. The number of carbonyl (C=O) groups is 1. The van der Waals surface area contributed by atoms with Gasteiger partial charge in [-0.25, -0.2) is 13.1 Å². The number of rotatable bonds is 7. The van der Waals surface area contributed by atoms with Crippen molar-refractivity contribution >= 4 is 15.9 Å². The summed E-state index contributed by atoms with van der Waals surface area (Å²) in [6.45, 7) is 8.16. The molecule has 2 unspecified atom stereocenters. The Balaban J connectivity index is 1.91. The summed E-state index contributed by atoms with van der Waals surface area (Å²) < 4.78 is 32.8. The van der Waals surface area contributed by atoms with Gasteiger partial charge in [-0.05, 0) is 77.6 Å². The second-order valence-corrected chi connectivity index (χ2v) is 9.65. The van der Waals surface area contributed by atoms with Crippen molar-refractivity contribution in [1.29, 1.82) is 0 Å². The van der Waals surface area contributed by atoms with E-state index in [0.29, 0.717) is 11.7 Å². The molecule has 146 valence electrons. The van der Waals surface area contributed by atoms with Crippen LogP contribution in [-0.2, 0) is 14.8 Å². The molecule has 1 aromatic carbocycles. The standard InChI is InChI=1S/C19H30N2O4S/c1-14(7-10-16-6-5-13-25-16)20-18(22)15-8-11-17(12-9-15)26(23,24)21-19(2,3)4/h8-9,11-12,14,16,21H,5-7,10,13H2,1-4H3,(H,20,22). The lowest BCUT2D eigenvalue weighted by Gasteiger charge is -2.20. The van der Waals surface area contributed by atoms with Gasteiger partial charge in [-0.2, -0.15) is 0 Å². The molecule has 7 heteroatoms. The summed E-state index contributed by atoms with van der Waals surface area (Å²) in [5, 5.41) is 2.96. The van der Waals surface area contributed by atoms with E-state index >= 15 is 0 Å². The minimum Gasteiger partial charge on any atom is -0.378 e. The highest BCUT2D eigenvalue weighted by Gasteiger charge is 2.22. The van der Waals surface area contributed by atoms with Gasteiger partial charge in [0, 0.05) is 23.8 Å². The predicted molar refractivity (Wildman–Crippen MR) is 102 cm³/mol. The zero-order chi connectivity index (χ0) is 19.4. The first-order valence-corrected chi connectivity index (χ1v) is 10.6. The second kappa shape index (κ2) is 8.50. The Kier molecular flexibility index (Phi) is 6.82. The molecule has 1 aliphatic rings. The molecule has 0 saturated carbocycles. The van der Waals surface area contributed by atoms with Crippen LogP contribution in [0.3, 0.4) is 0 Å². The van der Waals surface area contributed by atoms with Gasteiger partial charge in [0.1, 0.15) is 0 Å². The summed E-state index contributed by atoms with van der Waals surface area (Å²) in [5.41, 5.74) is -0.114. The van der Waals surface area contributed by atoms with Crippen LogP contribution in [0.15, 0.2) is 29.2 Å². The van der Waals surface area contributed by atoms with Gasteiger partial charge in [-0.15, -0.1) is 0 Å². The van der Waals surface area contributed by atoms with Gasteiger partial charge in [-0.1, -0.05) is 0 Å². The number of hydrogen-bond donors (Lipinski definition) is 2. The van der Waals surface area contributed by atoms with Crippen LogP contribution in [-0.4, -0.2) is 38.6 Å². The molecular weight excluding hydrogens is 352 g/mol. The number of sulfonamides is 1. The maximum atomic E-state index is 12.3. The summed E-state index contributed by atoms with van der Waals surface area (Å²) in [4.78, 5) is 12.5. The Morgan fingerprint density at radius 3 is 2.46 bits per heavy atom. The molecule has 2 rings (SSSR count). The fraction of sp³-hybridized carbons (Fsp3) is 0.632. The van der Waals surface area contributed by atoms with Crippen LogP contribution in [0, 0.1) is 0 Å². The van der Waals surface area contributed by atoms with Gasteiger partial charge < -0.3 is 10.1 Å². The molecule has 26 heavy (non-hydrogen) atoms. The molecule has 1 aromatic rings. The van der Waals surface area contributed by atoms with Crippen molar-refractivity contribution in [1.82, 2.24) is 10.0 Å². The van der Waals surface area contributed by atoms with E-state index in [-0.39, 0.29) is 16.8 Å². The number of benzene rings is 1. The third-order valence-electron chi connectivity index (χ3n) is 4.19. The Morgan fingerprint density at radius 2 is 1.92 bits per heavy atom. The van der Waals surface area contributed by atoms with Crippen LogP contribution < -0.4 is 10.0 Å². The van der Waals surface area contributed by atoms with Crippen LogP contribution in [0.5, 0.6) is 0 Å². The third-order valence-corrected chi connectivity index (χ3v) is 5.96. The highest BCUT2D eigenvalue weighted by atomic mass is 32.2. The summed E-state index contributed by atoms with van der Waals surface area (Å²) >= 11 is 0. The van der Waals surface area contributed by atoms with Crippen LogP contribution >= 0.6 is 0 Å². The molecule has 1 amide bonds. The Hall–Kier alpha value is -1.44. The van der Waals surface area contributed by atoms with Crippen molar-refractivity contribution in [3.05, 3.63) is 29.8 Å². The molecular formula is C19H30N2O4S. The Bertz CT molecular complexity index is 702. The van der Waals surface area contributed by atoms with Crippen molar-refractivity contribution in [2.45, 2.75) is 76.0 Å². The van der Waals surface area contributed by atoms with E-state index in [1.54, 1.807) is 32.9 Å². The SMILES string of the molecule is CC(CCC1CCCO1)NC(=O)c1ccc(S(=O)(=O)NC(C)(C)C)cc1. The summed E-state index contributed by atoms with van der Waals surface area (Å²) in [6, 6.07) is 6.04. The Morgan fingerprint density at radius 1 is 1.27 bits per heavy atom. The smallest absolute Gasteiger partial charge is 0.251 e. The Labute approximate surface area is 156 Å². The van der Waals surface area contributed by atoms with Gasteiger partial charge in [0.2, 0.25) is 10.0 Å². The number of amides is 1. The van der Waals surface area contributed by atoms with Crippen LogP contribution in [0.4, 0.5) is 0 Å². The molecule has 1 fully saturated rings. The third kappa shape index (κ3) is 6.37. The van der Waals surface area contributed by atoms with Crippen LogP contribution in [0.1, 0.15) is 63.7 Å². The van der Waals surface area contributed by atoms with E-state index in [2.05, 4.69) is 10.0 Å². The first-order chi connectivity index (χ1) is 12.1. The maximum absolute atomic E-state index is 12.3. The van der Waals surface area contributed by atoms with Gasteiger partial charge in [0.25, 0.3) is 5.91 Å². The molecule has 0 spiro atoms. The predicted octanol–water partition coefficient (Wildman–Crippen LogP) is 2.84. The van der Waals surface area contributed by atoms with Crippen molar-refractivity contribution in [3.8, 4) is 0 Å². The summed E-state index contributed by atoms with van der Waals surface area (Å²) in [7, 11) is -3.60. The van der Waals surface area contributed by atoms with Gasteiger partial charge in [-0.3, -0.25) is 4.79 Å². The topological polar surface area (TPSA) is 84.5 Å². The molecule has 6 nitrogen and oxygen atoms in total. The molecule has 1 saturated heterocycles. The quantitative estimate of drug-likeness (QED) is 0.759. The average Bonchev–Trinajstić information content (AvgIpc) is 3.04. The number of ether oxygens (including phenoxy) is 1. The summed E-state index contributed by atoms with van der Waals surface area (Å²) in [6.07, 6.45) is 4.33. The highest BCUT2D eigenvalue weighted by Crippen LogP contribution is 2.18. The van der Waals surface area contributed by atoms with E-state index in [1.165, 1.54) is 12.1 Å².